The first-order valence-electron chi connectivity index (χ1n) is 3.64. The first-order chi connectivity index (χ1) is 6.82. The topological polar surface area (TPSA) is 29.1 Å². The molecule has 2 nitrogen and oxygen atoms in total. The quantitative estimate of drug-likeness (QED) is 0.753. The number of carbonyl (C=O) groups excluding carboxylic acids is 1. The van der Waals surface area contributed by atoms with E-state index < -0.39 is 23.6 Å². The van der Waals surface area contributed by atoms with Gasteiger partial charge in [0.25, 0.3) is 0 Å². The van der Waals surface area contributed by atoms with E-state index in [0.29, 0.717) is 0 Å². The third-order valence-electron chi connectivity index (χ3n) is 1.46. The predicted molar refractivity (Wildman–Crippen MR) is 46.1 cm³/mol. The molecule has 15 heavy (non-hydrogen) atoms. The number of anilines is 1. The van der Waals surface area contributed by atoms with E-state index in [1.807, 2.05) is 0 Å². The van der Waals surface area contributed by atoms with Crippen molar-refractivity contribution in [3.8, 4) is 0 Å². The normalized spacial score (nSPS) is 11.3. The van der Waals surface area contributed by atoms with Gasteiger partial charge in [-0.05, 0) is 12.1 Å². The maximum Gasteiger partial charge on any atom is 0.471 e. The fourth-order valence-electron chi connectivity index (χ4n) is 0.794. The summed E-state index contributed by atoms with van der Waals surface area (Å²) in [6.07, 6.45) is -5.06. The first kappa shape index (κ1) is 11.8. The Bertz CT molecular complexity index is 391. The molecule has 0 atom stereocenters. The minimum absolute atomic E-state index is 0.366. The van der Waals surface area contributed by atoms with Crippen molar-refractivity contribution in [3.63, 3.8) is 0 Å². The molecule has 0 fully saturated rings. The fourth-order valence-corrected chi connectivity index (χ4v) is 0.968. The molecule has 0 radical (unpaired) electrons. The van der Waals surface area contributed by atoms with Gasteiger partial charge in [0.05, 0.1) is 10.7 Å². The van der Waals surface area contributed by atoms with Crippen molar-refractivity contribution in [2.24, 2.45) is 0 Å². The van der Waals surface area contributed by atoms with E-state index in [1.54, 1.807) is 0 Å². The van der Waals surface area contributed by atoms with Crippen molar-refractivity contribution in [1.82, 2.24) is 0 Å². The minimum Gasteiger partial charge on any atom is -0.316 e. The number of amides is 1. The Kier molecular flexibility index (Phi) is 3.18. The van der Waals surface area contributed by atoms with Gasteiger partial charge < -0.3 is 5.32 Å². The molecule has 0 aliphatic rings. The van der Waals surface area contributed by atoms with Gasteiger partial charge in [0.15, 0.2) is 5.82 Å². The van der Waals surface area contributed by atoms with Crippen molar-refractivity contribution < 1.29 is 22.4 Å². The Balaban J connectivity index is 2.91. The summed E-state index contributed by atoms with van der Waals surface area (Å²) in [5.41, 5.74) is -0.607. The van der Waals surface area contributed by atoms with E-state index in [9.17, 15) is 22.4 Å². The van der Waals surface area contributed by atoms with Crippen LogP contribution in [0.5, 0.6) is 0 Å². The van der Waals surface area contributed by atoms with E-state index in [-0.39, 0.29) is 5.02 Å². The van der Waals surface area contributed by atoms with E-state index in [4.69, 9.17) is 11.6 Å². The lowest BCUT2D eigenvalue weighted by molar-refractivity contribution is -0.167. The van der Waals surface area contributed by atoms with Crippen LogP contribution in [0, 0.1) is 5.82 Å². The van der Waals surface area contributed by atoms with E-state index in [1.165, 1.54) is 11.4 Å². The Morgan fingerprint density at radius 2 is 1.93 bits per heavy atom. The minimum atomic E-state index is -5.06. The zero-order chi connectivity index (χ0) is 11.6. The van der Waals surface area contributed by atoms with Crippen molar-refractivity contribution in [2.45, 2.75) is 6.18 Å². The molecule has 0 heterocycles. The molecule has 1 N–H and O–H groups in total. The molecule has 0 aromatic heterocycles. The van der Waals surface area contributed by atoms with Gasteiger partial charge in [0.2, 0.25) is 0 Å². The van der Waals surface area contributed by atoms with Gasteiger partial charge >= 0.3 is 12.1 Å². The van der Waals surface area contributed by atoms with Gasteiger partial charge in [-0.3, -0.25) is 4.79 Å². The SMILES string of the molecule is O=C(Nc1cccc(Cl)c1F)C(F)(F)F. The van der Waals surface area contributed by atoms with E-state index in [0.717, 1.165) is 12.1 Å². The van der Waals surface area contributed by atoms with Gasteiger partial charge in [-0.15, -0.1) is 0 Å². The number of hydrogen-bond acceptors (Lipinski definition) is 1. The molecule has 0 aliphatic heterocycles. The molecule has 82 valence electrons. The Hall–Kier alpha value is -1.30. The van der Waals surface area contributed by atoms with Crippen LogP contribution in [0.1, 0.15) is 0 Å². The summed E-state index contributed by atoms with van der Waals surface area (Å²) in [6, 6.07) is 3.35. The Labute approximate surface area is 86.8 Å². The highest BCUT2D eigenvalue weighted by Crippen LogP contribution is 2.24. The summed E-state index contributed by atoms with van der Waals surface area (Å²) in [5.74, 6) is -3.35. The van der Waals surface area contributed by atoms with Crippen molar-refractivity contribution in [3.05, 3.63) is 29.0 Å². The van der Waals surface area contributed by atoms with Gasteiger partial charge in [0.1, 0.15) is 0 Å². The second-order valence-electron chi connectivity index (χ2n) is 2.55. The third-order valence-corrected chi connectivity index (χ3v) is 1.75. The second-order valence-corrected chi connectivity index (χ2v) is 2.96. The number of benzene rings is 1. The Morgan fingerprint density at radius 3 is 2.47 bits per heavy atom. The van der Waals surface area contributed by atoms with Crippen molar-refractivity contribution >= 4 is 23.2 Å². The molecule has 1 rings (SSSR count). The van der Waals surface area contributed by atoms with Crippen LogP contribution in [-0.2, 0) is 4.79 Å². The van der Waals surface area contributed by atoms with Crippen LogP contribution >= 0.6 is 11.6 Å². The Morgan fingerprint density at radius 1 is 1.33 bits per heavy atom. The molecule has 0 unspecified atom stereocenters. The van der Waals surface area contributed by atoms with Crippen molar-refractivity contribution in [2.75, 3.05) is 5.32 Å². The predicted octanol–water partition coefficient (Wildman–Crippen LogP) is 2.98. The van der Waals surface area contributed by atoms with Crippen LogP contribution in [0.15, 0.2) is 18.2 Å². The lowest BCUT2D eigenvalue weighted by Gasteiger charge is -2.08. The maximum atomic E-state index is 13.0. The summed E-state index contributed by atoms with van der Waals surface area (Å²) in [6.45, 7) is 0. The third kappa shape index (κ3) is 2.82. The molecular weight excluding hydrogens is 238 g/mol. The average Bonchev–Trinajstić information content (AvgIpc) is 2.11. The number of halogens is 5. The van der Waals surface area contributed by atoms with Gasteiger partial charge in [-0.25, -0.2) is 4.39 Å². The molecular formula is C8H4ClF4NO. The second kappa shape index (κ2) is 4.06. The van der Waals surface area contributed by atoms with Crippen LogP contribution in [0.25, 0.3) is 0 Å². The molecule has 7 heteroatoms. The standard InChI is InChI=1S/C8H4ClF4NO/c9-4-2-1-3-5(6(4)10)14-7(15)8(11,12)13/h1-3H,(H,14,15). The molecule has 0 bridgehead atoms. The summed E-state index contributed by atoms with van der Waals surface area (Å²) in [5, 5.41) is 1.00. The molecule has 0 spiro atoms. The highest BCUT2D eigenvalue weighted by Gasteiger charge is 2.39. The average molecular weight is 242 g/mol. The van der Waals surface area contributed by atoms with Crippen LogP contribution < -0.4 is 5.32 Å². The monoisotopic (exact) mass is 241 g/mol. The number of alkyl halides is 3. The maximum absolute atomic E-state index is 13.0. The van der Waals surface area contributed by atoms with Crippen molar-refractivity contribution in [1.29, 1.82) is 0 Å². The summed E-state index contributed by atoms with van der Waals surface area (Å²) >= 11 is 5.30. The van der Waals surface area contributed by atoms with Crippen LogP contribution in [0.2, 0.25) is 5.02 Å². The van der Waals surface area contributed by atoms with E-state index >= 15 is 0 Å². The first-order valence-corrected chi connectivity index (χ1v) is 4.02. The lowest BCUT2D eigenvalue weighted by atomic mass is 10.3. The van der Waals surface area contributed by atoms with Gasteiger partial charge in [-0.2, -0.15) is 13.2 Å². The van der Waals surface area contributed by atoms with Crippen LogP contribution in [-0.4, -0.2) is 12.1 Å². The van der Waals surface area contributed by atoms with Gasteiger partial charge in [0, 0.05) is 0 Å². The largest absolute Gasteiger partial charge is 0.471 e. The fraction of sp³-hybridized carbons (Fsp3) is 0.125. The smallest absolute Gasteiger partial charge is 0.316 e. The lowest BCUT2D eigenvalue weighted by Crippen LogP contribution is -2.30. The molecule has 0 saturated heterocycles. The van der Waals surface area contributed by atoms with Crippen LogP contribution in [0.4, 0.5) is 23.2 Å². The number of carbonyl (C=O) groups is 1. The summed E-state index contributed by atoms with van der Waals surface area (Å²) < 4.78 is 48.4. The number of rotatable bonds is 1. The molecule has 0 aliphatic carbocycles. The highest BCUT2D eigenvalue weighted by atomic mass is 35.5. The summed E-state index contributed by atoms with van der Waals surface area (Å²) in [7, 11) is 0. The van der Waals surface area contributed by atoms with Gasteiger partial charge in [-0.1, -0.05) is 17.7 Å². The van der Waals surface area contributed by atoms with E-state index in [2.05, 4.69) is 0 Å². The molecule has 0 saturated carbocycles. The zero-order valence-electron chi connectivity index (χ0n) is 7.03. The highest BCUT2D eigenvalue weighted by molar-refractivity contribution is 6.31. The zero-order valence-corrected chi connectivity index (χ0v) is 7.79. The van der Waals surface area contributed by atoms with Crippen LogP contribution in [0.3, 0.4) is 0 Å². The molecule has 1 aromatic carbocycles. The number of nitrogens with one attached hydrogen (secondary N) is 1. The number of hydrogen-bond donors (Lipinski definition) is 1. The molecule has 1 aromatic rings. The molecule has 1 amide bonds. The summed E-state index contributed by atoms with van der Waals surface area (Å²) in [4.78, 5) is 10.5.